The maximum Gasteiger partial charge on any atom is 0.255 e. The van der Waals surface area contributed by atoms with E-state index in [0.717, 1.165) is 15.6 Å². The van der Waals surface area contributed by atoms with E-state index in [1.807, 2.05) is 13.0 Å². The molecule has 0 aliphatic rings. The lowest BCUT2D eigenvalue weighted by molar-refractivity contribution is 0.0948. The Labute approximate surface area is 119 Å². The molecule has 0 saturated carbocycles. The molecule has 5 heteroatoms. The van der Waals surface area contributed by atoms with Crippen LogP contribution in [-0.4, -0.2) is 16.0 Å². The standard InChI is InChI=1S/C14H13BrN2O2/c1-9-7-16-5-4-10(9)8-17-14(19)12-6-11(15)2-3-13(12)18/h2-7,18H,8H2,1H3,(H,17,19). The van der Waals surface area contributed by atoms with Crippen LogP contribution in [0.3, 0.4) is 0 Å². The molecule has 0 aliphatic heterocycles. The number of hydrogen-bond donors (Lipinski definition) is 2. The second-order valence-electron chi connectivity index (χ2n) is 4.15. The largest absolute Gasteiger partial charge is 0.507 e. The fourth-order valence-corrected chi connectivity index (χ4v) is 2.02. The zero-order chi connectivity index (χ0) is 13.8. The van der Waals surface area contributed by atoms with Crippen molar-refractivity contribution in [2.45, 2.75) is 13.5 Å². The van der Waals surface area contributed by atoms with Gasteiger partial charge in [0.2, 0.25) is 0 Å². The van der Waals surface area contributed by atoms with E-state index >= 15 is 0 Å². The van der Waals surface area contributed by atoms with Gasteiger partial charge in [0.05, 0.1) is 5.56 Å². The minimum atomic E-state index is -0.310. The molecule has 0 unspecified atom stereocenters. The third kappa shape index (κ3) is 3.32. The van der Waals surface area contributed by atoms with E-state index in [4.69, 9.17) is 0 Å². The Morgan fingerprint density at radius 1 is 1.42 bits per heavy atom. The summed E-state index contributed by atoms with van der Waals surface area (Å²) >= 11 is 3.27. The van der Waals surface area contributed by atoms with Crippen molar-refractivity contribution >= 4 is 21.8 Å². The Bertz CT molecular complexity index is 614. The van der Waals surface area contributed by atoms with Crippen LogP contribution in [0.5, 0.6) is 5.75 Å². The molecule has 0 bridgehead atoms. The number of carbonyl (C=O) groups is 1. The summed E-state index contributed by atoms with van der Waals surface area (Å²) in [6.45, 7) is 2.34. The molecule has 19 heavy (non-hydrogen) atoms. The molecule has 0 saturated heterocycles. The Morgan fingerprint density at radius 3 is 2.95 bits per heavy atom. The van der Waals surface area contributed by atoms with Gasteiger partial charge in [0, 0.05) is 23.4 Å². The third-order valence-corrected chi connectivity index (χ3v) is 3.27. The van der Waals surface area contributed by atoms with Crippen molar-refractivity contribution in [2.24, 2.45) is 0 Å². The van der Waals surface area contributed by atoms with Gasteiger partial charge in [-0.05, 0) is 42.3 Å². The Hall–Kier alpha value is -1.88. The number of amides is 1. The van der Waals surface area contributed by atoms with Crippen molar-refractivity contribution in [3.8, 4) is 5.75 Å². The molecule has 0 fully saturated rings. The summed E-state index contributed by atoms with van der Waals surface area (Å²) in [7, 11) is 0. The molecule has 98 valence electrons. The Balaban J connectivity index is 2.10. The zero-order valence-electron chi connectivity index (χ0n) is 10.4. The number of nitrogens with one attached hydrogen (secondary N) is 1. The van der Waals surface area contributed by atoms with Gasteiger partial charge in [-0.3, -0.25) is 9.78 Å². The van der Waals surface area contributed by atoms with Crippen molar-refractivity contribution < 1.29 is 9.90 Å². The van der Waals surface area contributed by atoms with Crippen molar-refractivity contribution in [3.63, 3.8) is 0 Å². The third-order valence-electron chi connectivity index (χ3n) is 2.78. The fourth-order valence-electron chi connectivity index (χ4n) is 1.66. The second kappa shape index (κ2) is 5.84. The number of aromatic nitrogens is 1. The highest BCUT2D eigenvalue weighted by atomic mass is 79.9. The predicted molar refractivity (Wildman–Crippen MR) is 76.0 cm³/mol. The van der Waals surface area contributed by atoms with Crippen LogP contribution < -0.4 is 5.32 Å². The minimum Gasteiger partial charge on any atom is -0.507 e. The number of phenols is 1. The SMILES string of the molecule is Cc1cnccc1CNC(=O)c1cc(Br)ccc1O. The lowest BCUT2D eigenvalue weighted by Crippen LogP contribution is -2.23. The lowest BCUT2D eigenvalue weighted by atomic mass is 10.1. The average molecular weight is 321 g/mol. The van der Waals surface area contributed by atoms with Crippen LogP contribution in [0.4, 0.5) is 0 Å². The van der Waals surface area contributed by atoms with E-state index in [0.29, 0.717) is 6.54 Å². The van der Waals surface area contributed by atoms with Crippen LogP contribution in [0, 0.1) is 6.92 Å². The second-order valence-corrected chi connectivity index (χ2v) is 5.06. The molecule has 2 N–H and O–H groups in total. The molecule has 0 spiro atoms. The maximum atomic E-state index is 12.0. The highest BCUT2D eigenvalue weighted by Gasteiger charge is 2.11. The molecule has 4 nitrogen and oxygen atoms in total. The van der Waals surface area contributed by atoms with E-state index in [9.17, 15) is 9.90 Å². The zero-order valence-corrected chi connectivity index (χ0v) is 11.9. The molecule has 0 radical (unpaired) electrons. The summed E-state index contributed by atoms with van der Waals surface area (Å²) in [4.78, 5) is 16.0. The van der Waals surface area contributed by atoms with Crippen LogP contribution in [-0.2, 0) is 6.54 Å². The first-order valence-corrected chi connectivity index (χ1v) is 6.53. The molecule has 1 aromatic heterocycles. The molecule has 2 rings (SSSR count). The van der Waals surface area contributed by atoms with Gasteiger partial charge in [0.1, 0.15) is 5.75 Å². The molecule has 1 heterocycles. The highest BCUT2D eigenvalue weighted by Crippen LogP contribution is 2.21. The number of rotatable bonds is 3. The molecule has 0 atom stereocenters. The normalized spacial score (nSPS) is 10.2. The molecule has 0 aliphatic carbocycles. The van der Waals surface area contributed by atoms with Gasteiger partial charge in [-0.1, -0.05) is 15.9 Å². The van der Waals surface area contributed by atoms with E-state index in [2.05, 4.69) is 26.2 Å². The van der Waals surface area contributed by atoms with Gasteiger partial charge in [0.15, 0.2) is 0 Å². The van der Waals surface area contributed by atoms with Gasteiger partial charge in [-0.2, -0.15) is 0 Å². The van der Waals surface area contributed by atoms with E-state index in [-0.39, 0.29) is 17.2 Å². The van der Waals surface area contributed by atoms with Crippen molar-refractivity contribution in [1.29, 1.82) is 0 Å². The Morgan fingerprint density at radius 2 is 2.21 bits per heavy atom. The summed E-state index contributed by atoms with van der Waals surface area (Å²) in [5, 5.41) is 12.4. The number of aromatic hydroxyl groups is 1. The first-order chi connectivity index (χ1) is 9.08. The van der Waals surface area contributed by atoms with Gasteiger partial charge >= 0.3 is 0 Å². The summed E-state index contributed by atoms with van der Waals surface area (Å²) in [5.74, 6) is -0.345. The van der Waals surface area contributed by atoms with Crippen LogP contribution >= 0.6 is 15.9 Å². The number of nitrogens with zero attached hydrogens (tertiary/aromatic N) is 1. The first-order valence-electron chi connectivity index (χ1n) is 5.74. The summed E-state index contributed by atoms with van der Waals surface area (Å²) < 4.78 is 0.746. The van der Waals surface area contributed by atoms with Gasteiger partial charge in [-0.15, -0.1) is 0 Å². The number of halogens is 1. The average Bonchev–Trinajstić information content (AvgIpc) is 2.40. The van der Waals surface area contributed by atoms with E-state index < -0.39 is 0 Å². The summed E-state index contributed by atoms with van der Waals surface area (Å²) in [5.41, 5.74) is 2.26. The molecule has 1 aromatic carbocycles. The molecular formula is C14H13BrN2O2. The van der Waals surface area contributed by atoms with Crippen LogP contribution in [0.25, 0.3) is 0 Å². The number of benzene rings is 1. The maximum absolute atomic E-state index is 12.0. The van der Waals surface area contributed by atoms with Crippen LogP contribution in [0.1, 0.15) is 21.5 Å². The number of hydrogen-bond acceptors (Lipinski definition) is 3. The molecule has 1 amide bonds. The molecular weight excluding hydrogens is 308 g/mol. The van der Waals surface area contributed by atoms with Gasteiger partial charge in [0.25, 0.3) is 5.91 Å². The van der Waals surface area contributed by atoms with E-state index in [1.54, 1.807) is 24.5 Å². The van der Waals surface area contributed by atoms with Crippen LogP contribution in [0.2, 0.25) is 0 Å². The predicted octanol–water partition coefficient (Wildman–Crippen LogP) is 2.79. The van der Waals surface area contributed by atoms with E-state index in [1.165, 1.54) is 6.07 Å². The Kier molecular flexibility index (Phi) is 4.16. The van der Waals surface area contributed by atoms with Crippen LogP contribution in [0.15, 0.2) is 41.1 Å². The quantitative estimate of drug-likeness (QED) is 0.914. The lowest BCUT2D eigenvalue weighted by Gasteiger charge is -2.09. The fraction of sp³-hybridized carbons (Fsp3) is 0.143. The number of carbonyl (C=O) groups excluding carboxylic acids is 1. The first kappa shape index (κ1) is 13.5. The summed E-state index contributed by atoms with van der Waals surface area (Å²) in [6.07, 6.45) is 3.43. The highest BCUT2D eigenvalue weighted by molar-refractivity contribution is 9.10. The van der Waals surface area contributed by atoms with Gasteiger partial charge in [-0.25, -0.2) is 0 Å². The monoisotopic (exact) mass is 320 g/mol. The van der Waals surface area contributed by atoms with Crippen molar-refractivity contribution in [2.75, 3.05) is 0 Å². The summed E-state index contributed by atoms with van der Waals surface area (Å²) in [6, 6.07) is 6.61. The minimum absolute atomic E-state index is 0.0350. The number of phenolic OH excluding ortho intramolecular Hbond substituents is 1. The number of aryl methyl sites for hydroxylation is 1. The van der Waals surface area contributed by atoms with Crippen molar-refractivity contribution in [1.82, 2.24) is 10.3 Å². The number of pyridine rings is 1. The topological polar surface area (TPSA) is 62.2 Å². The smallest absolute Gasteiger partial charge is 0.255 e. The van der Waals surface area contributed by atoms with Gasteiger partial charge < -0.3 is 10.4 Å². The molecule has 2 aromatic rings. The van der Waals surface area contributed by atoms with Crippen molar-refractivity contribution in [3.05, 3.63) is 57.8 Å².